The van der Waals surface area contributed by atoms with Gasteiger partial charge in [-0.1, -0.05) is 65.2 Å². The highest BCUT2D eigenvalue weighted by Crippen LogP contribution is 2.41. The van der Waals surface area contributed by atoms with Crippen molar-refractivity contribution in [2.75, 3.05) is 0 Å². The summed E-state index contributed by atoms with van der Waals surface area (Å²) < 4.78 is 11.9. The quantitative estimate of drug-likeness (QED) is 0.686. The Kier molecular flexibility index (Phi) is 3.41. The van der Waals surface area contributed by atoms with E-state index in [2.05, 4.69) is 0 Å². The number of hydrogen-bond donors (Lipinski definition) is 0. The van der Waals surface area contributed by atoms with Gasteiger partial charge in [-0.3, -0.25) is 0 Å². The third-order valence-electron chi connectivity index (χ3n) is 2.57. The summed E-state index contributed by atoms with van der Waals surface area (Å²) in [6, 6.07) is 13.6. The van der Waals surface area contributed by atoms with Crippen LogP contribution in [0.3, 0.4) is 0 Å². The molecule has 0 fully saturated rings. The molecule has 0 heterocycles. The molecule has 0 nitrogen and oxygen atoms in total. The van der Waals surface area contributed by atoms with E-state index in [1.54, 1.807) is 12.1 Å². The van der Waals surface area contributed by atoms with Crippen molar-refractivity contribution in [2.45, 2.75) is 11.3 Å². The van der Waals surface area contributed by atoms with E-state index in [1.165, 1.54) is 12.1 Å². The maximum Gasteiger partial charge on any atom is 0.168 e. The van der Waals surface area contributed by atoms with Crippen molar-refractivity contribution in [2.24, 2.45) is 0 Å². The molecular formula is C14H11Cl2F. The SMILES string of the molecule is Cc1cccc(C(Cl)(Cl)c2cccc(F)c2)c1. The van der Waals surface area contributed by atoms with E-state index >= 15 is 0 Å². The molecule has 0 aliphatic heterocycles. The molecule has 0 radical (unpaired) electrons. The molecule has 3 heteroatoms. The maximum atomic E-state index is 13.2. The molecule has 0 unspecified atom stereocenters. The molecule has 0 bridgehead atoms. The third kappa shape index (κ3) is 2.62. The summed E-state index contributed by atoms with van der Waals surface area (Å²) in [5, 5.41) is 0. The predicted molar refractivity (Wildman–Crippen MR) is 70.1 cm³/mol. The largest absolute Gasteiger partial charge is 0.207 e. The topological polar surface area (TPSA) is 0 Å². The monoisotopic (exact) mass is 268 g/mol. The molecule has 0 aliphatic rings. The van der Waals surface area contributed by atoms with E-state index in [9.17, 15) is 4.39 Å². The van der Waals surface area contributed by atoms with Crippen molar-refractivity contribution in [3.05, 3.63) is 71.0 Å². The first-order valence-electron chi connectivity index (χ1n) is 5.21. The molecule has 88 valence electrons. The standard InChI is InChI=1S/C14H11Cl2F/c1-10-4-2-5-11(8-10)14(15,16)12-6-3-7-13(17)9-12/h2-9H,1H3. The first-order chi connectivity index (χ1) is 8.00. The Hall–Kier alpha value is -1.05. The molecular weight excluding hydrogens is 258 g/mol. The number of alkyl halides is 2. The van der Waals surface area contributed by atoms with Crippen molar-refractivity contribution in [1.82, 2.24) is 0 Å². The van der Waals surface area contributed by atoms with Crippen LogP contribution in [0.5, 0.6) is 0 Å². The highest BCUT2D eigenvalue weighted by atomic mass is 35.5. The number of hydrogen-bond acceptors (Lipinski definition) is 0. The molecule has 17 heavy (non-hydrogen) atoms. The van der Waals surface area contributed by atoms with Gasteiger partial charge in [0.15, 0.2) is 4.33 Å². The van der Waals surface area contributed by atoms with Gasteiger partial charge in [0.2, 0.25) is 0 Å². The van der Waals surface area contributed by atoms with Crippen LogP contribution >= 0.6 is 23.2 Å². The molecule has 0 spiro atoms. The van der Waals surface area contributed by atoms with Gasteiger partial charge >= 0.3 is 0 Å². The highest BCUT2D eigenvalue weighted by Gasteiger charge is 2.29. The van der Waals surface area contributed by atoms with E-state index in [0.29, 0.717) is 5.56 Å². The molecule has 0 N–H and O–H groups in total. The summed E-state index contributed by atoms with van der Waals surface area (Å²) in [7, 11) is 0. The Morgan fingerprint density at radius 1 is 0.941 bits per heavy atom. The van der Waals surface area contributed by atoms with Crippen molar-refractivity contribution >= 4 is 23.2 Å². The zero-order chi connectivity index (χ0) is 12.5. The fourth-order valence-electron chi connectivity index (χ4n) is 1.69. The van der Waals surface area contributed by atoms with E-state index < -0.39 is 4.33 Å². The molecule has 0 amide bonds. The number of benzene rings is 2. The van der Waals surface area contributed by atoms with E-state index in [4.69, 9.17) is 23.2 Å². The van der Waals surface area contributed by atoms with Crippen LogP contribution < -0.4 is 0 Å². The minimum atomic E-state index is -1.23. The van der Waals surface area contributed by atoms with Gasteiger partial charge in [0.1, 0.15) is 5.82 Å². The molecule has 2 aromatic rings. The zero-order valence-corrected chi connectivity index (χ0v) is 10.8. The fraction of sp³-hybridized carbons (Fsp3) is 0.143. The fourth-order valence-corrected chi connectivity index (χ4v) is 2.16. The summed E-state index contributed by atoms with van der Waals surface area (Å²) in [5.41, 5.74) is 2.34. The Labute approximate surface area is 110 Å². The lowest BCUT2D eigenvalue weighted by Crippen LogP contribution is -2.12. The Bertz CT molecular complexity index is 488. The normalized spacial score (nSPS) is 11.5. The van der Waals surface area contributed by atoms with Crippen LogP contribution in [0, 0.1) is 12.7 Å². The first-order valence-corrected chi connectivity index (χ1v) is 5.97. The second-order valence-electron chi connectivity index (χ2n) is 3.95. The molecule has 0 saturated carbocycles. The van der Waals surface area contributed by atoms with Crippen LogP contribution in [-0.4, -0.2) is 0 Å². The van der Waals surface area contributed by atoms with Crippen LogP contribution in [0.2, 0.25) is 0 Å². The summed E-state index contributed by atoms with van der Waals surface area (Å²) in [6.45, 7) is 1.96. The zero-order valence-electron chi connectivity index (χ0n) is 9.25. The van der Waals surface area contributed by atoms with Gasteiger partial charge in [-0.15, -0.1) is 0 Å². The van der Waals surface area contributed by atoms with Crippen LogP contribution in [0.15, 0.2) is 48.5 Å². The van der Waals surface area contributed by atoms with Crippen LogP contribution in [-0.2, 0) is 4.33 Å². The van der Waals surface area contributed by atoms with Crippen LogP contribution in [0.1, 0.15) is 16.7 Å². The lowest BCUT2D eigenvalue weighted by molar-refractivity contribution is 0.625. The van der Waals surface area contributed by atoms with Crippen LogP contribution in [0.25, 0.3) is 0 Å². The molecule has 0 atom stereocenters. The summed E-state index contributed by atoms with van der Waals surface area (Å²) >= 11 is 12.7. The van der Waals surface area contributed by atoms with Gasteiger partial charge in [-0.05, 0) is 30.2 Å². The van der Waals surface area contributed by atoms with Gasteiger partial charge in [-0.25, -0.2) is 4.39 Å². The first kappa shape index (κ1) is 12.4. The van der Waals surface area contributed by atoms with Crippen LogP contribution in [0.4, 0.5) is 4.39 Å². The second kappa shape index (κ2) is 4.67. The van der Waals surface area contributed by atoms with E-state index in [-0.39, 0.29) is 5.82 Å². The van der Waals surface area contributed by atoms with E-state index in [0.717, 1.165) is 11.1 Å². The Balaban J connectivity index is 2.49. The molecule has 2 aromatic carbocycles. The smallest absolute Gasteiger partial charge is 0.168 e. The van der Waals surface area contributed by atoms with Gasteiger partial charge in [-0.2, -0.15) is 0 Å². The minimum Gasteiger partial charge on any atom is -0.207 e. The highest BCUT2D eigenvalue weighted by molar-refractivity contribution is 6.50. The van der Waals surface area contributed by atoms with Gasteiger partial charge < -0.3 is 0 Å². The van der Waals surface area contributed by atoms with Crippen molar-refractivity contribution in [1.29, 1.82) is 0 Å². The van der Waals surface area contributed by atoms with Gasteiger partial charge in [0.05, 0.1) is 0 Å². The number of aryl methyl sites for hydroxylation is 1. The lowest BCUT2D eigenvalue weighted by Gasteiger charge is -2.21. The predicted octanol–water partition coefficient (Wildman–Crippen LogP) is 4.81. The second-order valence-corrected chi connectivity index (χ2v) is 5.28. The Morgan fingerprint density at radius 2 is 1.53 bits per heavy atom. The summed E-state index contributed by atoms with van der Waals surface area (Å²) in [4.78, 5) is 0. The summed E-state index contributed by atoms with van der Waals surface area (Å²) in [6.07, 6.45) is 0. The third-order valence-corrected chi connectivity index (χ3v) is 3.44. The number of halogens is 3. The molecule has 0 aliphatic carbocycles. The number of rotatable bonds is 2. The minimum absolute atomic E-state index is 0.346. The van der Waals surface area contributed by atoms with Gasteiger partial charge in [0, 0.05) is 0 Å². The molecule has 2 rings (SSSR count). The van der Waals surface area contributed by atoms with E-state index in [1.807, 2.05) is 31.2 Å². The Morgan fingerprint density at radius 3 is 2.12 bits per heavy atom. The van der Waals surface area contributed by atoms with Crippen molar-refractivity contribution in [3.63, 3.8) is 0 Å². The molecule has 0 saturated heterocycles. The van der Waals surface area contributed by atoms with Crippen molar-refractivity contribution in [3.8, 4) is 0 Å². The lowest BCUT2D eigenvalue weighted by atomic mass is 10.0. The van der Waals surface area contributed by atoms with Crippen molar-refractivity contribution < 1.29 is 4.39 Å². The average molecular weight is 269 g/mol. The average Bonchev–Trinajstić information content (AvgIpc) is 2.29. The summed E-state index contributed by atoms with van der Waals surface area (Å²) in [5.74, 6) is -0.346. The molecule has 0 aromatic heterocycles. The maximum absolute atomic E-state index is 13.2. The van der Waals surface area contributed by atoms with Gasteiger partial charge in [0.25, 0.3) is 0 Å².